The number of rotatable bonds is 7. The van der Waals surface area contributed by atoms with Crippen molar-refractivity contribution in [3.05, 3.63) is 86.2 Å². The Hall–Kier alpha value is -2.98. The van der Waals surface area contributed by atoms with Crippen LogP contribution in [0.4, 0.5) is 11.4 Å². The molecule has 5 rings (SSSR count). The van der Waals surface area contributed by atoms with E-state index in [2.05, 4.69) is 33.0 Å². The number of hydrogen-bond donors (Lipinski definition) is 0. The third-order valence-electron chi connectivity index (χ3n) is 6.36. The van der Waals surface area contributed by atoms with E-state index in [-0.39, 0.29) is 5.91 Å². The van der Waals surface area contributed by atoms with E-state index < -0.39 is 0 Å². The Morgan fingerprint density at radius 1 is 1.10 bits per heavy atom. The summed E-state index contributed by atoms with van der Waals surface area (Å²) in [5.41, 5.74) is 3.60. The van der Waals surface area contributed by atoms with Gasteiger partial charge in [-0.25, -0.2) is 4.99 Å². The molecule has 0 aliphatic carbocycles. The van der Waals surface area contributed by atoms with Gasteiger partial charge in [0.05, 0.1) is 30.9 Å². The Labute approximate surface area is 245 Å². The van der Waals surface area contributed by atoms with Crippen LogP contribution in [0.5, 0.6) is 11.5 Å². The summed E-state index contributed by atoms with van der Waals surface area (Å²) in [6.07, 6.45) is 1.83. The molecule has 3 aromatic carbocycles. The molecule has 0 N–H and O–H groups in total. The summed E-state index contributed by atoms with van der Waals surface area (Å²) in [5.74, 6) is 1.00. The summed E-state index contributed by atoms with van der Waals surface area (Å²) in [7, 11) is 3.32. The minimum atomic E-state index is -0.117. The highest BCUT2D eigenvalue weighted by Crippen LogP contribution is 2.39. The number of anilines is 1. The van der Waals surface area contributed by atoms with E-state index in [1.165, 1.54) is 11.8 Å². The van der Waals surface area contributed by atoms with Gasteiger partial charge in [0.2, 0.25) is 0 Å². The van der Waals surface area contributed by atoms with Crippen LogP contribution in [0.1, 0.15) is 11.1 Å². The van der Waals surface area contributed by atoms with E-state index >= 15 is 0 Å². The summed E-state index contributed by atoms with van der Waals surface area (Å²) >= 11 is 11.2. The van der Waals surface area contributed by atoms with Crippen LogP contribution in [-0.2, 0) is 16.1 Å². The molecule has 1 amide bonds. The van der Waals surface area contributed by atoms with E-state index in [9.17, 15) is 4.79 Å². The summed E-state index contributed by atoms with van der Waals surface area (Å²) in [6, 6.07) is 19.3. The van der Waals surface area contributed by atoms with Gasteiger partial charge in [-0.05, 0) is 65.9 Å². The largest absolute Gasteiger partial charge is 0.493 e. The maximum atomic E-state index is 13.0. The number of amidine groups is 1. The van der Waals surface area contributed by atoms with Gasteiger partial charge in [0.15, 0.2) is 16.7 Å². The van der Waals surface area contributed by atoms with Gasteiger partial charge in [0, 0.05) is 40.9 Å². The number of benzene rings is 3. The standard InChI is InChI=1S/C29H27BrClN3O4S/c1-33-28(35)27(39-29(33)32-21-7-9-22(10-8-21)34-11-13-37-14-12-34)16-20-15-25(36-2)26(17-23(20)30)38-18-19-5-3-4-6-24(19)31/h3-10,15-17H,11-14,18H2,1-2H3/b27-16-,32-29?. The third-order valence-corrected chi connectivity index (χ3v) is 8.48. The third kappa shape index (κ3) is 6.44. The van der Waals surface area contributed by atoms with Crippen LogP contribution in [0.15, 0.2) is 75.0 Å². The molecular formula is C29H27BrClN3O4S. The Balaban J connectivity index is 1.32. The zero-order chi connectivity index (χ0) is 27.4. The number of halogens is 2. The SMILES string of the molecule is COc1cc(/C=C2\SC(=Nc3ccc(N4CCOCC4)cc3)N(C)C2=O)c(Br)cc1OCc1ccccc1Cl. The van der Waals surface area contributed by atoms with E-state index in [1.54, 1.807) is 19.1 Å². The maximum Gasteiger partial charge on any atom is 0.266 e. The Morgan fingerprint density at radius 3 is 2.56 bits per heavy atom. The summed E-state index contributed by atoms with van der Waals surface area (Å²) in [5, 5.41) is 1.26. The van der Waals surface area contributed by atoms with E-state index in [0.29, 0.717) is 33.2 Å². The van der Waals surface area contributed by atoms with Gasteiger partial charge in [-0.2, -0.15) is 0 Å². The molecule has 0 atom stereocenters. The lowest BCUT2D eigenvalue weighted by molar-refractivity contribution is -0.121. The number of thioether (sulfide) groups is 1. The van der Waals surface area contributed by atoms with Crippen LogP contribution in [0.2, 0.25) is 5.02 Å². The fourth-order valence-corrected chi connectivity index (χ4v) is 5.77. The number of morpholine rings is 1. The van der Waals surface area contributed by atoms with Crippen LogP contribution in [-0.4, -0.2) is 56.4 Å². The molecular weight excluding hydrogens is 602 g/mol. The Bertz CT molecular complexity index is 1420. The summed E-state index contributed by atoms with van der Waals surface area (Å²) in [4.78, 5) is 22.2. The van der Waals surface area contributed by atoms with Crippen molar-refractivity contribution in [1.29, 1.82) is 0 Å². The molecule has 0 unspecified atom stereocenters. The van der Waals surface area contributed by atoms with Gasteiger partial charge >= 0.3 is 0 Å². The van der Waals surface area contributed by atoms with E-state index in [1.807, 2.05) is 54.6 Å². The maximum absolute atomic E-state index is 13.0. The monoisotopic (exact) mass is 627 g/mol. The van der Waals surface area contributed by atoms with Crippen molar-refractivity contribution < 1.29 is 19.0 Å². The summed E-state index contributed by atoms with van der Waals surface area (Å²) in [6.45, 7) is 3.54. The van der Waals surface area contributed by atoms with E-state index in [0.717, 1.165) is 53.3 Å². The van der Waals surface area contributed by atoms with Gasteiger partial charge in [0.25, 0.3) is 5.91 Å². The first-order valence-corrected chi connectivity index (χ1v) is 14.3. The lowest BCUT2D eigenvalue weighted by Gasteiger charge is -2.28. The van der Waals surface area contributed by atoms with Crippen molar-refractivity contribution in [1.82, 2.24) is 4.90 Å². The highest BCUT2D eigenvalue weighted by atomic mass is 79.9. The minimum absolute atomic E-state index is 0.117. The Kier molecular flexibility index (Phi) is 8.82. The molecule has 2 aliphatic heterocycles. The van der Waals surface area contributed by atoms with Crippen molar-refractivity contribution in [2.24, 2.45) is 4.99 Å². The van der Waals surface area contributed by atoms with Crippen LogP contribution >= 0.6 is 39.3 Å². The number of nitrogens with zero attached hydrogens (tertiary/aromatic N) is 3. The van der Waals surface area contributed by atoms with Crippen molar-refractivity contribution in [3.63, 3.8) is 0 Å². The van der Waals surface area contributed by atoms with Gasteiger partial charge in [-0.15, -0.1) is 0 Å². The number of amides is 1. The number of ether oxygens (including phenoxy) is 3. The molecule has 202 valence electrons. The van der Waals surface area contributed by atoms with Crippen molar-refractivity contribution >= 4 is 67.8 Å². The molecule has 2 fully saturated rings. The highest BCUT2D eigenvalue weighted by molar-refractivity contribution is 9.10. The van der Waals surface area contributed by atoms with Crippen LogP contribution in [0, 0.1) is 0 Å². The predicted octanol–water partition coefficient (Wildman–Crippen LogP) is 6.76. The second-order valence-corrected chi connectivity index (χ2v) is 11.2. The zero-order valence-electron chi connectivity index (χ0n) is 21.5. The van der Waals surface area contributed by atoms with Crippen molar-refractivity contribution in [2.75, 3.05) is 45.4 Å². The fraction of sp³-hybridized carbons (Fsp3) is 0.241. The van der Waals surface area contributed by atoms with Gasteiger partial charge in [-0.1, -0.05) is 45.7 Å². The molecule has 0 spiro atoms. The van der Waals surface area contributed by atoms with Crippen LogP contribution in [0.25, 0.3) is 6.08 Å². The van der Waals surface area contributed by atoms with Crippen molar-refractivity contribution in [3.8, 4) is 11.5 Å². The molecule has 0 aromatic heterocycles. The average molecular weight is 629 g/mol. The normalized spacial score (nSPS) is 17.8. The molecule has 2 heterocycles. The Morgan fingerprint density at radius 2 is 1.85 bits per heavy atom. The molecule has 3 aromatic rings. The van der Waals surface area contributed by atoms with Gasteiger partial charge in [0.1, 0.15) is 6.61 Å². The predicted molar refractivity (Wildman–Crippen MR) is 161 cm³/mol. The molecule has 0 bridgehead atoms. The number of aliphatic imine (C=N–C) groups is 1. The highest BCUT2D eigenvalue weighted by Gasteiger charge is 2.30. The first kappa shape index (κ1) is 27.6. The molecule has 2 saturated heterocycles. The first-order valence-electron chi connectivity index (χ1n) is 12.4. The lowest BCUT2D eigenvalue weighted by atomic mass is 10.1. The molecule has 0 saturated carbocycles. The second kappa shape index (κ2) is 12.5. The molecule has 7 nitrogen and oxygen atoms in total. The number of methoxy groups -OCH3 is 1. The van der Waals surface area contributed by atoms with Crippen LogP contribution in [0.3, 0.4) is 0 Å². The van der Waals surface area contributed by atoms with Crippen molar-refractivity contribution in [2.45, 2.75) is 6.61 Å². The van der Waals surface area contributed by atoms with Gasteiger partial charge in [-0.3, -0.25) is 9.69 Å². The second-order valence-electron chi connectivity index (χ2n) is 8.89. The smallest absolute Gasteiger partial charge is 0.266 e. The minimum Gasteiger partial charge on any atom is -0.493 e. The first-order chi connectivity index (χ1) is 18.9. The number of carbonyl (C=O) groups excluding carboxylic acids is 1. The van der Waals surface area contributed by atoms with Crippen LogP contribution < -0.4 is 14.4 Å². The van der Waals surface area contributed by atoms with Gasteiger partial charge < -0.3 is 19.1 Å². The average Bonchev–Trinajstić information content (AvgIpc) is 3.22. The van der Waals surface area contributed by atoms with E-state index in [4.69, 9.17) is 30.8 Å². The number of hydrogen-bond acceptors (Lipinski definition) is 7. The molecule has 0 radical (unpaired) electrons. The lowest BCUT2D eigenvalue weighted by Crippen LogP contribution is -2.36. The fourth-order valence-electron chi connectivity index (χ4n) is 4.17. The zero-order valence-corrected chi connectivity index (χ0v) is 24.7. The quantitative estimate of drug-likeness (QED) is 0.270. The number of carbonyl (C=O) groups is 1. The summed E-state index contributed by atoms with van der Waals surface area (Å²) < 4.78 is 17.8. The number of likely N-dealkylation sites (N-methyl/N-ethyl adjacent to an activating group) is 1. The molecule has 39 heavy (non-hydrogen) atoms. The molecule has 10 heteroatoms. The molecule has 2 aliphatic rings. The topological polar surface area (TPSA) is 63.6 Å².